The molecule has 0 aliphatic heterocycles. The second-order valence-electron chi connectivity index (χ2n) is 6.09. The SMILES string of the molecule is C[NH+](C)[C@@H](CNc1nnnn1-c1ccccc1)Cc1ccccc1. The number of rotatable bonds is 7. The predicted octanol–water partition coefficient (Wildman–Crippen LogP) is 0.830. The van der Waals surface area contributed by atoms with E-state index in [9.17, 15) is 0 Å². The fourth-order valence-electron chi connectivity index (χ4n) is 2.63. The summed E-state index contributed by atoms with van der Waals surface area (Å²) in [6, 6.07) is 20.9. The number of benzene rings is 2. The van der Waals surface area contributed by atoms with E-state index in [4.69, 9.17) is 0 Å². The monoisotopic (exact) mass is 323 g/mol. The van der Waals surface area contributed by atoms with Crippen LogP contribution in [0.15, 0.2) is 60.7 Å². The molecule has 1 heterocycles. The molecule has 1 aromatic heterocycles. The van der Waals surface area contributed by atoms with Crippen molar-refractivity contribution in [2.24, 2.45) is 0 Å². The summed E-state index contributed by atoms with van der Waals surface area (Å²) in [5.74, 6) is 0.667. The number of nitrogens with zero attached hydrogens (tertiary/aromatic N) is 4. The van der Waals surface area contributed by atoms with Crippen molar-refractivity contribution in [3.05, 3.63) is 66.2 Å². The number of aromatic nitrogens is 4. The Labute approximate surface area is 142 Å². The minimum atomic E-state index is 0.424. The molecule has 1 atom stereocenters. The Balaban J connectivity index is 1.69. The third kappa shape index (κ3) is 3.97. The minimum Gasteiger partial charge on any atom is -0.347 e. The zero-order valence-corrected chi connectivity index (χ0v) is 14.1. The first kappa shape index (κ1) is 16.1. The van der Waals surface area contributed by atoms with Crippen molar-refractivity contribution in [2.75, 3.05) is 26.0 Å². The quantitative estimate of drug-likeness (QED) is 0.676. The molecule has 0 saturated heterocycles. The lowest BCUT2D eigenvalue weighted by atomic mass is 10.1. The fourth-order valence-corrected chi connectivity index (χ4v) is 2.63. The van der Waals surface area contributed by atoms with Crippen LogP contribution in [0, 0.1) is 0 Å². The van der Waals surface area contributed by atoms with E-state index in [1.807, 2.05) is 36.4 Å². The summed E-state index contributed by atoms with van der Waals surface area (Å²) in [4.78, 5) is 1.39. The summed E-state index contributed by atoms with van der Waals surface area (Å²) < 4.78 is 1.73. The maximum atomic E-state index is 4.11. The van der Waals surface area contributed by atoms with Gasteiger partial charge in [0.15, 0.2) is 0 Å². The van der Waals surface area contributed by atoms with Crippen LogP contribution in [0.2, 0.25) is 0 Å². The van der Waals surface area contributed by atoms with Crippen LogP contribution in [-0.2, 0) is 6.42 Å². The molecule has 0 aliphatic rings. The Kier molecular flexibility index (Phi) is 5.18. The highest BCUT2D eigenvalue weighted by molar-refractivity contribution is 5.38. The molecule has 124 valence electrons. The van der Waals surface area contributed by atoms with Crippen LogP contribution < -0.4 is 10.2 Å². The largest absolute Gasteiger partial charge is 0.347 e. The first-order chi connectivity index (χ1) is 11.7. The van der Waals surface area contributed by atoms with Gasteiger partial charge in [0.25, 0.3) is 0 Å². The molecule has 24 heavy (non-hydrogen) atoms. The summed E-state index contributed by atoms with van der Waals surface area (Å²) in [6.45, 7) is 0.796. The van der Waals surface area contributed by atoms with Crippen LogP contribution in [0.3, 0.4) is 0 Å². The molecule has 0 amide bonds. The van der Waals surface area contributed by atoms with Gasteiger partial charge in [-0.05, 0) is 28.1 Å². The number of tetrazole rings is 1. The van der Waals surface area contributed by atoms with Gasteiger partial charge in [0.1, 0.15) is 6.04 Å². The van der Waals surface area contributed by atoms with Crippen molar-refractivity contribution < 1.29 is 4.90 Å². The summed E-state index contributed by atoms with van der Waals surface area (Å²) in [5, 5.41) is 15.4. The average molecular weight is 323 g/mol. The Morgan fingerprint density at radius 1 is 1.00 bits per heavy atom. The van der Waals surface area contributed by atoms with E-state index in [2.05, 4.69) is 59.2 Å². The lowest BCUT2D eigenvalue weighted by Gasteiger charge is -2.22. The summed E-state index contributed by atoms with van der Waals surface area (Å²) in [7, 11) is 4.35. The molecule has 6 nitrogen and oxygen atoms in total. The van der Waals surface area contributed by atoms with Gasteiger partial charge in [-0.2, -0.15) is 4.68 Å². The Morgan fingerprint density at radius 2 is 1.67 bits per heavy atom. The highest BCUT2D eigenvalue weighted by Crippen LogP contribution is 2.10. The van der Waals surface area contributed by atoms with Crippen LogP contribution >= 0.6 is 0 Å². The van der Waals surface area contributed by atoms with Crippen molar-refractivity contribution in [1.82, 2.24) is 20.2 Å². The lowest BCUT2D eigenvalue weighted by molar-refractivity contribution is -0.883. The van der Waals surface area contributed by atoms with E-state index in [0.29, 0.717) is 12.0 Å². The average Bonchev–Trinajstić information content (AvgIpc) is 3.08. The second-order valence-corrected chi connectivity index (χ2v) is 6.09. The van der Waals surface area contributed by atoms with Gasteiger partial charge in [-0.15, -0.1) is 0 Å². The fraction of sp³-hybridized carbons (Fsp3) is 0.278. The normalized spacial score (nSPS) is 12.3. The van der Waals surface area contributed by atoms with Crippen LogP contribution in [0.25, 0.3) is 5.69 Å². The Hall–Kier alpha value is -2.73. The molecule has 3 aromatic rings. The van der Waals surface area contributed by atoms with Crippen molar-refractivity contribution in [2.45, 2.75) is 12.5 Å². The van der Waals surface area contributed by atoms with Gasteiger partial charge in [0.2, 0.25) is 5.95 Å². The van der Waals surface area contributed by atoms with Crippen LogP contribution in [0.5, 0.6) is 0 Å². The zero-order chi connectivity index (χ0) is 16.8. The van der Waals surface area contributed by atoms with Gasteiger partial charge in [-0.1, -0.05) is 53.6 Å². The molecule has 0 aliphatic carbocycles. The molecule has 0 saturated carbocycles. The number of anilines is 1. The topological polar surface area (TPSA) is 60.1 Å². The maximum Gasteiger partial charge on any atom is 0.247 e. The summed E-state index contributed by atoms with van der Waals surface area (Å²) in [6.07, 6.45) is 1.00. The number of quaternary nitrogens is 1. The van der Waals surface area contributed by atoms with Gasteiger partial charge in [-0.3, -0.25) is 0 Å². The van der Waals surface area contributed by atoms with Crippen molar-refractivity contribution >= 4 is 5.95 Å². The van der Waals surface area contributed by atoms with Crippen molar-refractivity contribution in [3.8, 4) is 5.69 Å². The number of para-hydroxylation sites is 1. The maximum absolute atomic E-state index is 4.11. The van der Waals surface area contributed by atoms with E-state index >= 15 is 0 Å². The van der Waals surface area contributed by atoms with E-state index in [1.165, 1.54) is 10.5 Å². The third-order valence-corrected chi connectivity index (χ3v) is 4.12. The van der Waals surface area contributed by atoms with Gasteiger partial charge in [0, 0.05) is 6.42 Å². The number of nitrogens with one attached hydrogen (secondary N) is 2. The summed E-state index contributed by atoms with van der Waals surface area (Å²) >= 11 is 0. The highest BCUT2D eigenvalue weighted by Gasteiger charge is 2.17. The van der Waals surface area contributed by atoms with Gasteiger partial charge in [-0.25, -0.2) is 0 Å². The molecule has 0 fully saturated rings. The van der Waals surface area contributed by atoms with Crippen molar-refractivity contribution in [3.63, 3.8) is 0 Å². The molecule has 6 heteroatoms. The van der Waals surface area contributed by atoms with Gasteiger partial charge in [0.05, 0.1) is 26.3 Å². The van der Waals surface area contributed by atoms with Gasteiger partial charge < -0.3 is 10.2 Å². The molecule has 0 bridgehead atoms. The standard InChI is InChI=1S/C18H22N6/c1-23(2)17(13-15-9-5-3-6-10-15)14-19-18-20-21-22-24(18)16-11-7-4-8-12-16/h3-12,17H,13-14H2,1-2H3,(H,19,20,22)/p+1/t17-/m1/s1. The minimum absolute atomic E-state index is 0.424. The van der Waals surface area contributed by atoms with Gasteiger partial charge >= 0.3 is 0 Å². The van der Waals surface area contributed by atoms with Crippen LogP contribution in [-0.4, -0.2) is 46.9 Å². The Bertz CT molecular complexity index is 738. The molecule has 2 N–H and O–H groups in total. The molecule has 0 spiro atoms. The zero-order valence-electron chi connectivity index (χ0n) is 14.1. The Morgan fingerprint density at radius 3 is 2.33 bits per heavy atom. The molecule has 2 aromatic carbocycles. The van der Waals surface area contributed by atoms with Crippen LogP contribution in [0.4, 0.5) is 5.95 Å². The van der Waals surface area contributed by atoms with E-state index in [-0.39, 0.29) is 0 Å². The predicted molar refractivity (Wildman–Crippen MR) is 94.4 cm³/mol. The molecule has 0 unspecified atom stereocenters. The number of likely N-dealkylation sites (N-methyl/N-ethyl adjacent to an activating group) is 1. The molecule has 3 rings (SSSR count). The van der Waals surface area contributed by atoms with E-state index in [1.54, 1.807) is 4.68 Å². The smallest absolute Gasteiger partial charge is 0.247 e. The van der Waals surface area contributed by atoms with E-state index in [0.717, 1.165) is 18.7 Å². The molecule has 0 radical (unpaired) electrons. The third-order valence-electron chi connectivity index (χ3n) is 4.12. The number of hydrogen-bond donors (Lipinski definition) is 2. The first-order valence-electron chi connectivity index (χ1n) is 8.15. The molecular formula is C18H23N6+. The molecular weight excluding hydrogens is 300 g/mol. The number of hydrogen-bond acceptors (Lipinski definition) is 4. The second kappa shape index (κ2) is 7.70. The first-order valence-corrected chi connectivity index (χ1v) is 8.15. The lowest BCUT2D eigenvalue weighted by Crippen LogP contribution is -3.11. The summed E-state index contributed by atoms with van der Waals surface area (Å²) in [5.41, 5.74) is 2.29. The van der Waals surface area contributed by atoms with E-state index < -0.39 is 0 Å². The highest BCUT2D eigenvalue weighted by atomic mass is 15.6. The van der Waals surface area contributed by atoms with Crippen LogP contribution in [0.1, 0.15) is 5.56 Å². The van der Waals surface area contributed by atoms with Crippen molar-refractivity contribution in [1.29, 1.82) is 0 Å².